The largest absolute Gasteiger partial charge is 0.413 e. The van der Waals surface area contributed by atoms with Crippen LogP contribution in [0.4, 0.5) is 5.82 Å². The van der Waals surface area contributed by atoms with E-state index in [1.165, 1.54) is 6.33 Å². The number of aliphatic hydroxyl groups is 1. The molecule has 0 aliphatic heterocycles. The molecule has 172 valence electrons. The minimum Gasteiger partial charge on any atom is -0.413 e. The molecule has 2 aromatic heterocycles. The van der Waals surface area contributed by atoms with Gasteiger partial charge in [-0.3, -0.25) is 0 Å². The minimum absolute atomic E-state index is 0.0412. The summed E-state index contributed by atoms with van der Waals surface area (Å²) in [5.41, 5.74) is 2.26. The van der Waals surface area contributed by atoms with Gasteiger partial charge in [-0.25, -0.2) is 15.0 Å². The van der Waals surface area contributed by atoms with E-state index >= 15 is 0 Å². The van der Waals surface area contributed by atoms with E-state index in [9.17, 15) is 5.11 Å². The average Bonchev–Trinajstić information content (AvgIpc) is 3.31. The second-order valence-corrected chi connectivity index (χ2v) is 15.4. The molecule has 3 N–H and O–H groups in total. The van der Waals surface area contributed by atoms with Gasteiger partial charge in [0.2, 0.25) is 0 Å². The predicted molar refractivity (Wildman–Crippen MR) is 131 cm³/mol. The van der Waals surface area contributed by atoms with Crippen LogP contribution in [0.25, 0.3) is 22.6 Å². The Labute approximate surface area is 195 Å². The van der Waals surface area contributed by atoms with Crippen molar-refractivity contribution in [1.82, 2.24) is 19.9 Å². The van der Waals surface area contributed by atoms with Gasteiger partial charge in [0.15, 0.2) is 19.8 Å². The van der Waals surface area contributed by atoms with Crippen LogP contribution in [0.5, 0.6) is 0 Å². The summed E-state index contributed by atoms with van der Waals surface area (Å²) in [5.74, 6) is 1.53. The molecule has 1 aliphatic carbocycles. The highest BCUT2D eigenvalue weighted by atomic mass is 35.5. The summed E-state index contributed by atoms with van der Waals surface area (Å²) in [5, 5.41) is 14.3. The number of aliphatic hydroxyl groups excluding tert-OH is 1. The number of halogens is 1. The number of hydrogen-bond donors (Lipinski definition) is 3. The maximum atomic E-state index is 10.00. The number of hydrogen-bond acceptors (Lipinski definition) is 6. The van der Waals surface area contributed by atoms with E-state index < -0.39 is 8.32 Å². The van der Waals surface area contributed by atoms with E-state index in [0.717, 1.165) is 23.9 Å². The van der Waals surface area contributed by atoms with Crippen LogP contribution < -0.4 is 5.32 Å². The molecule has 0 radical (unpaired) electrons. The fraction of sp³-hybridized carbons (Fsp3) is 0.522. The highest BCUT2D eigenvalue weighted by Crippen LogP contribution is 2.41. The Bertz CT molecular complexity index is 1100. The molecular formula is C23H32ClN5O2Si. The van der Waals surface area contributed by atoms with Crippen molar-refractivity contribution in [2.75, 3.05) is 11.9 Å². The number of imidazole rings is 1. The van der Waals surface area contributed by atoms with E-state index in [-0.39, 0.29) is 29.7 Å². The van der Waals surface area contributed by atoms with Crippen LogP contribution >= 0.6 is 11.6 Å². The van der Waals surface area contributed by atoms with Crippen LogP contribution in [0.3, 0.4) is 0 Å². The second-order valence-electron chi connectivity index (χ2n) is 10.2. The normalized spacial score (nSPS) is 21.9. The predicted octanol–water partition coefficient (Wildman–Crippen LogP) is 5.25. The number of aromatic amines is 1. The number of nitrogens with one attached hydrogen (secondary N) is 2. The third kappa shape index (κ3) is 4.68. The number of rotatable bonds is 6. The summed E-state index contributed by atoms with van der Waals surface area (Å²) in [7, 11) is -1.92. The molecule has 1 aliphatic rings. The first-order chi connectivity index (χ1) is 15.1. The van der Waals surface area contributed by atoms with Gasteiger partial charge >= 0.3 is 0 Å². The number of anilines is 1. The van der Waals surface area contributed by atoms with Crippen LogP contribution in [0.1, 0.15) is 33.6 Å². The van der Waals surface area contributed by atoms with E-state index in [1.54, 1.807) is 0 Å². The van der Waals surface area contributed by atoms with Gasteiger partial charge in [-0.1, -0.05) is 44.5 Å². The van der Waals surface area contributed by atoms with Crippen molar-refractivity contribution in [2.45, 2.75) is 63.9 Å². The minimum atomic E-state index is -1.92. The molecule has 7 nitrogen and oxygen atoms in total. The van der Waals surface area contributed by atoms with Crippen molar-refractivity contribution in [3.8, 4) is 11.4 Å². The summed E-state index contributed by atoms with van der Waals surface area (Å²) in [4.78, 5) is 16.8. The highest BCUT2D eigenvalue weighted by Gasteiger charge is 2.44. The number of H-pyrrole nitrogens is 1. The Kier molecular flexibility index (Phi) is 6.33. The standard InChI is InChI=1S/C23H32ClN5O2Si/c1-23(2,3)32(4,5)31-18-11-17(10-15(18)12-30)27-21-19-22(26-13-25-21)29-20(28-19)14-7-6-8-16(24)9-14/h6-9,13,15,17-18,30H,10-12H2,1-5H3,(H2,25,26,27,28,29)/t15-,17+,18+/m0/s1. The first-order valence-electron chi connectivity index (χ1n) is 11.1. The zero-order valence-electron chi connectivity index (χ0n) is 19.3. The van der Waals surface area contributed by atoms with Crippen molar-refractivity contribution in [1.29, 1.82) is 0 Å². The molecule has 0 amide bonds. The smallest absolute Gasteiger partial charge is 0.192 e. The molecule has 0 saturated heterocycles. The Morgan fingerprint density at radius 2 is 2.03 bits per heavy atom. The Morgan fingerprint density at radius 1 is 1.25 bits per heavy atom. The SMILES string of the molecule is CC(C)(C)[Si](C)(C)O[C@@H]1C[C@H](Nc2ncnc3nc(-c4cccc(Cl)c4)[nH]c23)C[C@H]1CO. The van der Waals surface area contributed by atoms with Crippen molar-refractivity contribution in [2.24, 2.45) is 5.92 Å². The molecule has 32 heavy (non-hydrogen) atoms. The van der Waals surface area contributed by atoms with Crippen molar-refractivity contribution in [3.63, 3.8) is 0 Å². The first-order valence-corrected chi connectivity index (χ1v) is 14.4. The van der Waals surface area contributed by atoms with Crippen LogP contribution in [0.2, 0.25) is 23.2 Å². The number of aromatic nitrogens is 4. The molecule has 1 aromatic carbocycles. The van der Waals surface area contributed by atoms with E-state index in [1.807, 2.05) is 24.3 Å². The van der Waals surface area contributed by atoms with Gasteiger partial charge in [-0.2, -0.15) is 0 Å². The van der Waals surface area contributed by atoms with Gasteiger partial charge in [0, 0.05) is 29.2 Å². The number of nitrogens with zero attached hydrogens (tertiary/aromatic N) is 3. The summed E-state index contributed by atoms with van der Waals surface area (Å²) >= 11 is 6.14. The van der Waals surface area contributed by atoms with Crippen LogP contribution in [0.15, 0.2) is 30.6 Å². The van der Waals surface area contributed by atoms with Gasteiger partial charge in [-0.05, 0) is 43.1 Å². The molecular weight excluding hydrogens is 442 g/mol. The summed E-state index contributed by atoms with van der Waals surface area (Å²) < 4.78 is 6.67. The lowest BCUT2D eigenvalue weighted by molar-refractivity contribution is 0.0980. The third-order valence-corrected chi connectivity index (χ3v) is 11.6. The Hall–Kier alpha value is -2.00. The van der Waals surface area contributed by atoms with Gasteiger partial charge in [-0.15, -0.1) is 0 Å². The fourth-order valence-electron chi connectivity index (χ4n) is 4.00. The average molecular weight is 474 g/mol. The summed E-state index contributed by atoms with van der Waals surface area (Å²) in [6.45, 7) is 11.4. The lowest BCUT2D eigenvalue weighted by atomic mass is 10.1. The maximum Gasteiger partial charge on any atom is 0.192 e. The lowest BCUT2D eigenvalue weighted by Gasteiger charge is -2.39. The third-order valence-electron chi connectivity index (χ3n) is 6.84. The zero-order chi connectivity index (χ0) is 23.1. The molecule has 2 heterocycles. The monoisotopic (exact) mass is 473 g/mol. The van der Waals surface area contributed by atoms with Crippen LogP contribution in [-0.4, -0.2) is 52.1 Å². The van der Waals surface area contributed by atoms with Crippen LogP contribution in [0, 0.1) is 5.92 Å². The Morgan fingerprint density at radius 3 is 2.72 bits per heavy atom. The van der Waals surface area contributed by atoms with E-state index in [2.05, 4.69) is 59.1 Å². The summed E-state index contributed by atoms with van der Waals surface area (Å²) in [6, 6.07) is 7.70. The van der Waals surface area contributed by atoms with Crippen molar-refractivity contribution < 1.29 is 9.53 Å². The zero-order valence-corrected chi connectivity index (χ0v) is 21.1. The van der Waals surface area contributed by atoms with Gasteiger partial charge < -0.3 is 19.8 Å². The molecule has 1 fully saturated rings. The lowest BCUT2D eigenvalue weighted by Crippen LogP contribution is -2.45. The molecule has 0 bridgehead atoms. The fourth-order valence-corrected chi connectivity index (χ4v) is 5.59. The van der Waals surface area contributed by atoms with Crippen LogP contribution in [-0.2, 0) is 4.43 Å². The van der Waals surface area contributed by atoms with Crippen molar-refractivity contribution >= 4 is 36.9 Å². The molecule has 3 atom stereocenters. The molecule has 1 saturated carbocycles. The maximum absolute atomic E-state index is 10.00. The Balaban J connectivity index is 1.54. The molecule has 3 aromatic rings. The van der Waals surface area contributed by atoms with Crippen molar-refractivity contribution in [3.05, 3.63) is 35.6 Å². The molecule has 9 heteroatoms. The molecule has 0 unspecified atom stereocenters. The second kappa shape index (κ2) is 8.74. The first kappa shape index (κ1) is 23.2. The quantitative estimate of drug-likeness (QED) is 0.423. The van der Waals surface area contributed by atoms with E-state index in [0.29, 0.717) is 22.3 Å². The number of benzene rings is 1. The topological polar surface area (TPSA) is 96.0 Å². The van der Waals surface area contributed by atoms with Gasteiger partial charge in [0.25, 0.3) is 0 Å². The number of fused-ring (bicyclic) bond motifs is 1. The summed E-state index contributed by atoms with van der Waals surface area (Å²) in [6.07, 6.45) is 3.23. The molecule has 0 spiro atoms. The van der Waals surface area contributed by atoms with Gasteiger partial charge in [0.1, 0.15) is 17.7 Å². The van der Waals surface area contributed by atoms with E-state index in [4.69, 9.17) is 16.0 Å². The molecule has 4 rings (SSSR count). The highest BCUT2D eigenvalue weighted by molar-refractivity contribution is 6.74. The van der Waals surface area contributed by atoms with Gasteiger partial charge in [0.05, 0.1) is 6.10 Å².